The molecule has 0 atom stereocenters. The van der Waals surface area contributed by atoms with Crippen molar-refractivity contribution in [2.24, 2.45) is 5.11 Å². The Morgan fingerprint density at radius 2 is 2.13 bits per heavy atom. The summed E-state index contributed by atoms with van der Waals surface area (Å²) in [6, 6.07) is 7.05. The normalized spacial score (nSPS) is 9.40. The van der Waals surface area contributed by atoms with E-state index >= 15 is 0 Å². The summed E-state index contributed by atoms with van der Waals surface area (Å²) in [6.07, 6.45) is 0.909. The molecule has 0 aliphatic heterocycles. The maximum atomic E-state index is 11.1. The maximum absolute atomic E-state index is 11.1. The van der Waals surface area contributed by atoms with Gasteiger partial charge in [-0.05, 0) is 36.2 Å². The number of hydrogen-bond acceptors (Lipinski definition) is 2. The zero-order valence-corrected chi connectivity index (χ0v) is 8.47. The first kappa shape index (κ1) is 11.2. The molecular weight excluding hydrogens is 192 g/mol. The largest absolute Gasteiger partial charge is 0.319 e. The Morgan fingerprint density at radius 1 is 1.47 bits per heavy atom. The third-order valence-corrected chi connectivity index (χ3v) is 2.00. The van der Waals surface area contributed by atoms with Gasteiger partial charge in [0, 0.05) is 10.5 Å². The maximum Gasteiger partial charge on any atom is 0.249 e. The average Bonchev–Trinajstić information content (AvgIpc) is 2.27. The van der Waals surface area contributed by atoms with Crippen LogP contribution < -0.4 is 5.32 Å². The number of nitrogens with one attached hydrogen (secondary N) is 1. The second-order valence-electron chi connectivity index (χ2n) is 3.05. The number of azide groups is 1. The summed E-state index contributed by atoms with van der Waals surface area (Å²) >= 11 is 0. The third kappa shape index (κ3) is 3.42. The number of hydrogen-bond donors (Lipinski definition) is 1. The highest BCUT2D eigenvalue weighted by Crippen LogP contribution is 2.06. The molecule has 1 aromatic carbocycles. The molecule has 1 rings (SSSR count). The Balaban J connectivity index is 2.71. The lowest BCUT2D eigenvalue weighted by molar-refractivity contribution is 0.100. The van der Waals surface area contributed by atoms with Gasteiger partial charge in [0.15, 0.2) is 0 Å². The lowest BCUT2D eigenvalue weighted by Crippen LogP contribution is -2.10. The molecule has 0 unspecified atom stereocenters. The molecule has 1 aromatic rings. The van der Waals surface area contributed by atoms with Gasteiger partial charge < -0.3 is 5.32 Å². The van der Waals surface area contributed by atoms with Crippen molar-refractivity contribution in [3.8, 4) is 0 Å². The van der Waals surface area contributed by atoms with E-state index in [-0.39, 0.29) is 0 Å². The van der Waals surface area contributed by atoms with E-state index in [0.717, 1.165) is 18.5 Å². The molecule has 0 saturated heterocycles. The molecule has 0 fully saturated rings. The number of amides is 1. The monoisotopic (exact) mass is 204 g/mol. The molecule has 1 N–H and O–H groups in total. The van der Waals surface area contributed by atoms with Gasteiger partial charge in [-0.25, -0.2) is 0 Å². The molecule has 5 heteroatoms. The summed E-state index contributed by atoms with van der Waals surface area (Å²) in [5, 5.41) is 6.06. The number of rotatable bonds is 4. The molecule has 0 saturated carbocycles. The first-order valence-electron chi connectivity index (χ1n) is 4.61. The van der Waals surface area contributed by atoms with Crippen LogP contribution in [0.4, 0.5) is 0 Å². The van der Waals surface area contributed by atoms with Gasteiger partial charge in [-0.3, -0.25) is 4.79 Å². The standard InChI is InChI=1S/C10H12N4O/c1-12-7-6-8-2-4-9(5-3-8)10(15)13-14-11/h2-5,12H,6-7H2,1H3. The van der Waals surface area contributed by atoms with Crippen molar-refractivity contribution >= 4 is 5.91 Å². The lowest BCUT2D eigenvalue weighted by Gasteiger charge is -2.01. The van der Waals surface area contributed by atoms with Crippen LogP contribution in [0, 0.1) is 0 Å². The van der Waals surface area contributed by atoms with Gasteiger partial charge in [0.05, 0.1) is 0 Å². The topological polar surface area (TPSA) is 77.9 Å². The van der Waals surface area contributed by atoms with Gasteiger partial charge in [-0.1, -0.05) is 24.3 Å². The third-order valence-electron chi connectivity index (χ3n) is 2.00. The van der Waals surface area contributed by atoms with E-state index in [1.807, 2.05) is 19.2 Å². The molecule has 78 valence electrons. The first-order chi connectivity index (χ1) is 7.27. The zero-order chi connectivity index (χ0) is 11.1. The zero-order valence-electron chi connectivity index (χ0n) is 8.47. The summed E-state index contributed by atoms with van der Waals surface area (Å²) in [5.74, 6) is -0.544. The molecule has 0 aromatic heterocycles. The van der Waals surface area contributed by atoms with Crippen molar-refractivity contribution in [1.82, 2.24) is 5.32 Å². The molecule has 0 spiro atoms. The fourth-order valence-electron chi connectivity index (χ4n) is 1.18. The van der Waals surface area contributed by atoms with Crippen LogP contribution in [0.2, 0.25) is 0 Å². The molecular formula is C10H12N4O. The quantitative estimate of drug-likeness (QED) is 0.462. The molecule has 0 radical (unpaired) electrons. The van der Waals surface area contributed by atoms with E-state index in [9.17, 15) is 4.79 Å². The minimum atomic E-state index is -0.544. The Morgan fingerprint density at radius 3 is 2.67 bits per heavy atom. The van der Waals surface area contributed by atoms with E-state index in [0.29, 0.717) is 5.56 Å². The van der Waals surface area contributed by atoms with Crippen LogP contribution in [0.1, 0.15) is 15.9 Å². The molecule has 0 bridgehead atoms. The van der Waals surface area contributed by atoms with Gasteiger partial charge >= 0.3 is 0 Å². The summed E-state index contributed by atoms with van der Waals surface area (Å²) in [7, 11) is 1.89. The van der Waals surface area contributed by atoms with E-state index in [1.165, 1.54) is 0 Å². The number of likely N-dealkylation sites (N-methyl/N-ethyl adjacent to an activating group) is 1. The van der Waals surface area contributed by atoms with E-state index in [4.69, 9.17) is 5.53 Å². The Kier molecular flexibility index (Phi) is 4.34. The Hall–Kier alpha value is -1.84. The fraction of sp³-hybridized carbons (Fsp3) is 0.300. The fourth-order valence-corrected chi connectivity index (χ4v) is 1.18. The van der Waals surface area contributed by atoms with E-state index in [2.05, 4.69) is 15.3 Å². The summed E-state index contributed by atoms with van der Waals surface area (Å²) in [6.45, 7) is 0.893. The second-order valence-corrected chi connectivity index (χ2v) is 3.05. The second kappa shape index (κ2) is 5.80. The van der Waals surface area contributed by atoms with Crippen molar-refractivity contribution in [3.05, 3.63) is 45.8 Å². The van der Waals surface area contributed by atoms with Gasteiger partial charge in [0.2, 0.25) is 5.91 Å². The van der Waals surface area contributed by atoms with Gasteiger partial charge in [0.25, 0.3) is 0 Å². The number of nitrogens with zero attached hydrogens (tertiary/aromatic N) is 3. The number of benzene rings is 1. The SMILES string of the molecule is CNCCc1ccc(C(=O)N=[N+]=[N-])cc1. The van der Waals surface area contributed by atoms with Crippen LogP contribution in [0.25, 0.3) is 10.4 Å². The molecule has 0 aliphatic carbocycles. The van der Waals surface area contributed by atoms with Crippen LogP contribution in [-0.4, -0.2) is 19.5 Å². The van der Waals surface area contributed by atoms with Crippen molar-refractivity contribution < 1.29 is 4.79 Å². The summed E-state index contributed by atoms with van der Waals surface area (Å²) in [4.78, 5) is 13.6. The lowest BCUT2D eigenvalue weighted by atomic mass is 10.1. The van der Waals surface area contributed by atoms with E-state index in [1.54, 1.807) is 12.1 Å². The average molecular weight is 204 g/mol. The minimum absolute atomic E-state index is 0.418. The van der Waals surface area contributed by atoms with Crippen LogP contribution in [0.15, 0.2) is 29.4 Å². The summed E-state index contributed by atoms with van der Waals surface area (Å²) < 4.78 is 0. The first-order valence-corrected chi connectivity index (χ1v) is 4.61. The highest BCUT2D eigenvalue weighted by atomic mass is 16.1. The highest BCUT2D eigenvalue weighted by Gasteiger charge is 2.01. The number of carbonyl (C=O) groups is 1. The molecule has 15 heavy (non-hydrogen) atoms. The minimum Gasteiger partial charge on any atom is -0.319 e. The van der Waals surface area contributed by atoms with Crippen molar-refractivity contribution in [2.75, 3.05) is 13.6 Å². The van der Waals surface area contributed by atoms with Crippen molar-refractivity contribution in [3.63, 3.8) is 0 Å². The summed E-state index contributed by atoms with van der Waals surface area (Å²) in [5.41, 5.74) is 9.66. The van der Waals surface area contributed by atoms with Gasteiger partial charge in [-0.2, -0.15) is 0 Å². The predicted octanol–water partition coefficient (Wildman–Crippen LogP) is 1.90. The van der Waals surface area contributed by atoms with Crippen LogP contribution in [0.3, 0.4) is 0 Å². The molecule has 5 nitrogen and oxygen atoms in total. The smallest absolute Gasteiger partial charge is 0.249 e. The highest BCUT2D eigenvalue weighted by molar-refractivity contribution is 5.94. The van der Waals surface area contributed by atoms with Gasteiger partial charge in [-0.15, -0.1) is 0 Å². The predicted molar refractivity (Wildman–Crippen MR) is 57.5 cm³/mol. The van der Waals surface area contributed by atoms with Crippen LogP contribution >= 0.6 is 0 Å². The molecule has 0 aliphatic rings. The van der Waals surface area contributed by atoms with Crippen LogP contribution in [0.5, 0.6) is 0 Å². The molecule has 1 amide bonds. The molecule has 0 heterocycles. The van der Waals surface area contributed by atoms with Gasteiger partial charge in [0.1, 0.15) is 0 Å². The van der Waals surface area contributed by atoms with Crippen molar-refractivity contribution in [2.45, 2.75) is 6.42 Å². The van der Waals surface area contributed by atoms with Crippen molar-refractivity contribution in [1.29, 1.82) is 0 Å². The van der Waals surface area contributed by atoms with E-state index < -0.39 is 5.91 Å². The van der Waals surface area contributed by atoms with Crippen LogP contribution in [-0.2, 0) is 6.42 Å². The Labute approximate surface area is 87.7 Å². The Bertz CT molecular complexity index is 379. The number of carbonyl (C=O) groups excluding carboxylic acids is 1.